The summed E-state index contributed by atoms with van der Waals surface area (Å²) in [6, 6.07) is 5.99. The van der Waals surface area contributed by atoms with E-state index in [1.54, 1.807) is 0 Å². The number of hydrogen-bond donors (Lipinski definition) is 1. The van der Waals surface area contributed by atoms with Crippen LogP contribution in [0.5, 0.6) is 0 Å². The van der Waals surface area contributed by atoms with Gasteiger partial charge in [0.15, 0.2) is 0 Å². The Bertz CT molecular complexity index is 505. The lowest BCUT2D eigenvalue weighted by Crippen LogP contribution is -2.07. The van der Waals surface area contributed by atoms with Gasteiger partial charge >= 0.3 is 0 Å². The van der Waals surface area contributed by atoms with Gasteiger partial charge in [0.25, 0.3) is 0 Å². The van der Waals surface area contributed by atoms with Gasteiger partial charge in [0.2, 0.25) is 0 Å². The van der Waals surface area contributed by atoms with Gasteiger partial charge in [0.1, 0.15) is 5.82 Å². The molecule has 1 aromatic heterocycles. The topological polar surface area (TPSA) is 29.9 Å². The number of halogens is 1. The molecule has 1 N–H and O–H groups in total. The lowest BCUT2D eigenvalue weighted by atomic mass is 10.2. The predicted octanol–water partition coefficient (Wildman–Crippen LogP) is 3.48. The van der Waals surface area contributed by atoms with Crippen LogP contribution in [0, 0.1) is 6.92 Å². The molecule has 4 heteroatoms. The quantitative estimate of drug-likeness (QED) is 0.899. The van der Waals surface area contributed by atoms with Gasteiger partial charge in [-0.2, -0.15) is 0 Å². The zero-order valence-electron chi connectivity index (χ0n) is 10.1. The zero-order valence-corrected chi connectivity index (χ0v) is 10.8. The second-order valence-electron chi connectivity index (χ2n) is 3.97. The third-order valence-electron chi connectivity index (χ3n) is 2.70. The highest BCUT2D eigenvalue weighted by molar-refractivity contribution is 6.33. The first-order valence-electron chi connectivity index (χ1n) is 5.70. The lowest BCUT2D eigenvalue weighted by molar-refractivity contribution is 0.708. The molecular weight excluding hydrogens is 234 g/mol. The van der Waals surface area contributed by atoms with Crippen molar-refractivity contribution < 1.29 is 0 Å². The van der Waals surface area contributed by atoms with Crippen molar-refractivity contribution in [1.29, 1.82) is 0 Å². The van der Waals surface area contributed by atoms with Gasteiger partial charge in [-0.25, -0.2) is 4.98 Å². The lowest BCUT2D eigenvalue weighted by Gasteiger charge is -2.09. The van der Waals surface area contributed by atoms with E-state index in [1.807, 2.05) is 37.5 Å². The van der Waals surface area contributed by atoms with Crippen LogP contribution in [0.1, 0.15) is 18.3 Å². The van der Waals surface area contributed by atoms with Gasteiger partial charge in [-0.3, -0.25) is 0 Å². The largest absolute Gasteiger partial charge is 0.377 e. The number of benzene rings is 1. The Labute approximate surface area is 106 Å². The van der Waals surface area contributed by atoms with Gasteiger partial charge in [0, 0.05) is 18.9 Å². The number of aromatic nitrogens is 2. The molecule has 0 aliphatic rings. The van der Waals surface area contributed by atoms with Crippen molar-refractivity contribution in [2.45, 2.75) is 26.9 Å². The highest BCUT2D eigenvalue weighted by Crippen LogP contribution is 2.23. The maximum Gasteiger partial charge on any atom is 0.128 e. The van der Waals surface area contributed by atoms with E-state index in [1.165, 1.54) is 0 Å². The molecule has 3 nitrogen and oxygen atoms in total. The number of rotatable bonds is 4. The Morgan fingerprint density at radius 3 is 2.94 bits per heavy atom. The zero-order chi connectivity index (χ0) is 12.3. The van der Waals surface area contributed by atoms with Crippen LogP contribution in [0.15, 0.2) is 30.6 Å². The van der Waals surface area contributed by atoms with Gasteiger partial charge in [-0.15, -0.1) is 0 Å². The fourth-order valence-corrected chi connectivity index (χ4v) is 2.03. The van der Waals surface area contributed by atoms with Gasteiger partial charge in [0.05, 0.1) is 17.3 Å². The number of hydrogen-bond acceptors (Lipinski definition) is 2. The Kier molecular flexibility index (Phi) is 3.69. The second-order valence-corrected chi connectivity index (χ2v) is 4.37. The van der Waals surface area contributed by atoms with E-state index in [0.29, 0.717) is 6.54 Å². The minimum absolute atomic E-state index is 0.684. The molecule has 0 atom stereocenters. The molecule has 2 aromatic rings. The summed E-state index contributed by atoms with van der Waals surface area (Å²) in [6.07, 6.45) is 3.80. The molecule has 1 heterocycles. The normalized spacial score (nSPS) is 10.5. The third kappa shape index (κ3) is 2.80. The smallest absolute Gasteiger partial charge is 0.128 e. The molecule has 0 saturated heterocycles. The molecule has 0 aliphatic heterocycles. The molecule has 0 fully saturated rings. The molecule has 0 amide bonds. The molecule has 0 radical (unpaired) electrons. The van der Waals surface area contributed by atoms with Gasteiger partial charge in [-0.1, -0.05) is 17.7 Å². The first-order chi connectivity index (χ1) is 8.20. The monoisotopic (exact) mass is 249 g/mol. The van der Waals surface area contributed by atoms with E-state index in [-0.39, 0.29) is 0 Å². The van der Waals surface area contributed by atoms with E-state index in [0.717, 1.165) is 28.6 Å². The average molecular weight is 250 g/mol. The van der Waals surface area contributed by atoms with Crippen molar-refractivity contribution in [2.75, 3.05) is 5.32 Å². The number of nitrogens with zero attached hydrogens (tertiary/aromatic N) is 2. The van der Waals surface area contributed by atoms with Crippen LogP contribution < -0.4 is 5.32 Å². The van der Waals surface area contributed by atoms with Crippen molar-refractivity contribution in [3.05, 3.63) is 47.0 Å². The molecule has 0 bridgehead atoms. The third-order valence-corrected chi connectivity index (χ3v) is 3.02. The van der Waals surface area contributed by atoms with Crippen LogP contribution in [-0.2, 0) is 13.1 Å². The van der Waals surface area contributed by atoms with E-state index in [4.69, 9.17) is 11.6 Å². The predicted molar refractivity (Wildman–Crippen MR) is 71.4 cm³/mol. The Balaban J connectivity index is 2.07. The van der Waals surface area contributed by atoms with Gasteiger partial charge in [-0.05, 0) is 31.5 Å². The highest BCUT2D eigenvalue weighted by atomic mass is 35.5. The number of anilines is 1. The first-order valence-corrected chi connectivity index (χ1v) is 6.08. The molecule has 0 spiro atoms. The number of aryl methyl sites for hydroxylation is 2. The summed E-state index contributed by atoms with van der Waals surface area (Å²) in [4.78, 5) is 4.31. The summed E-state index contributed by atoms with van der Waals surface area (Å²) in [5.74, 6) is 1.02. The van der Waals surface area contributed by atoms with E-state index >= 15 is 0 Å². The van der Waals surface area contributed by atoms with Crippen molar-refractivity contribution in [1.82, 2.24) is 9.55 Å². The molecule has 0 saturated carbocycles. The summed E-state index contributed by atoms with van der Waals surface area (Å²) in [5.41, 5.74) is 2.11. The molecule has 2 rings (SSSR count). The summed E-state index contributed by atoms with van der Waals surface area (Å²) in [6.45, 7) is 5.74. The van der Waals surface area contributed by atoms with Crippen molar-refractivity contribution in [2.24, 2.45) is 0 Å². The summed E-state index contributed by atoms with van der Waals surface area (Å²) in [5, 5.41) is 4.05. The number of nitrogens with one attached hydrogen (secondary N) is 1. The standard InChI is InChI=1S/C13H16ClN3/c1-3-17-7-6-15-13(17)9-16-12-5-4-10(2)8-11(12)14/h4-8,16H,3,9H2,1-2H3. The van der Waals surface area contributed by atoms with E-state index in [2.05, 4.69) is 21.8 Å². The summed E-state index contributed by atoms with van der Waals surface area (Å²) in [7, 11) is 0. The molecule has 0 aliphatic carbocycles. The minimum Gasteiger partial charge on any atom is -0.377 e. The maximum atomic E-state index is 6.15. The second kappa shape index (κ2) is 5.23. The molecule has 0 unspecified atom stereocenters. The molecular formula is C13H16ClN3. The number of imidazole rings is 1. The van der Waals surface area contributed by atoms with E-state index in [9.17, 15) is 0 Å². The first kappa shape index (κ1) is 12.0. The van der Waals surface area contributed by atoms with Crippen LogP contribution in [0.4, 0.5) is 5.69 Å². The van der Waals surface area contributed by atoms with E-state index < -0.39 is 0 Å². The van der Waals surface area contributed by atoms with Crippen LogP contribution >= 0.6 is 11.6 Å². The molecule has 1 aromatic carbocycles. The fourth-order valence-electron chi connectivity index (χ4n) is 1.73. The van der Waals surface area contributed by atoms with Crippen LogP contribution in [-0.4, -0.2) is 9.55 Å². The SMILES string of the molecule is CCn1ccnc1CNc1ccc(C)cc1Cl. The fraction of sp³-hybridized carbons (Fsp3) is 0.308. The van der Waals surface area contributed by atoms with Crippen LogP contribution in [0.2, 0.25) is 5.02 Å². The van der Waals surface area contributed by atoms with Crippen LogP contribution in [0.25, 0.3) is 0 Å². The highest BCUT2D eigenvalue weighted by Gasteiger charge is 2.03. The van der Waals surface area contributed by atoms with Gasteiger partial charge < -0.3 is 9.88 Å². The summed E-state index contributed by atoms with van der Waals surface area (Å²) >= 11 is 6.15. The van der Waals surface area contributed by atoms with Crippen LogP contribution in [0.3, 0.4) is 0 Å². The van der Waals surface area contributed by atoms with Crippen molar-refractivity contribution in [3.8, 4) is 0 Å². The maximum absolute atomic E-state index is 6.15. The average Bonchev–Trinajstić information content (AvgIpc) is 2.75. The van der Waals surface area contributed by atoms with Crippen molar-refractivity contribution in [3.63, 3.8) is 0 Å². The minimum atomic E-state index is 0.684. The molecule has 17 heavy (non-hydrogen) atoms. The Hall–Kier alpha value is -1.48. The summed E-state index contributed by atoms with van der Waals surface area (Å²) < 4.78 is 2.11. The van der Waals surface area contributed by atoms with Crippen molar-refractivity contribution >= 4 is 17.3 Å². The molecule has 90 valence electrons. The Morgan fingerprint density at radius 1 is 1.41 bits per heavy atom. The Morgan fingerprint density at radius 2 is 2.24 bits per heavy atom.